The molecule has 0 fully saturated rings. The van der Waals surface area contributed by atoms with Crippen LogP contribution in [-0.4, -0.2) is 37.0 Å². The van der Waals surface area contributed by atoms with Crippen molar-refractivity contribution in [1.82, 2.24) is 9.73 Å². The average Bonchev–Trinajstić information content (AvgIpc) is 2.86. The summed E-state index contributed by atoms with van der Waals surface area (Å²) < 4.78 is 26.9. The van der Waals surface area contributed by atoms with Crippen molar-refractivity contribution in [3.8, 4) is 5.75 Å². The van der Waals surface area contributed by atoms with Gasteiger partial charge in [-0.25, -0.2) is 13.8 Å². The lowest BCUT2D eigenvalue weighted by atomic mass is 10.0. The van der Waals surface area contributed by atoms with Gasteiger partial charge >= 0.3 is 0 Å². The molecule has 0 aliphatic carbocycles. The average molecular weight is 488 g/mol. The summed E-state index contributed by atoms with van der Waals surface area (Å²) in [4.78, 5) is 12.7. The Hall–Kier alpha value is -4.01. The number of phenols is 1. The van der Waals surface area contributed by atoms with Crippen LogP contribution in [0.25, 0.3) is 10.8 Å². The van der Waals surface area contributed by atoms with Gasteiger partial charge in [-0.2, -0.15) is 9.41 Å². The Morgan fingerprint density at radius 1 is 0.971 bits per heavy atom. The maximum absolute atomic E-state index is 12.8. The lowest BCUT2D eigenvalue weighted by Gasteiger charge is -2.17. The Bertz CT molecular complexity index is 1500. The van der Waals surface area contributed by atoms with Crippen molar-refractivity contribution in [2.24, 2.45) is 5.10 Å². The predicted molar refractivity (Wildman–Crippen MR) is 137 cm³/mol. The smallest absolute Gasteiger partial charge is 0.271 e. The van der Waals surface area contributed by atoms with Crippen LogP contribution in [0.2, 0.25) is 0 Å². The first-order chi connectivity index (χ1) is 16.8. The van der Waals surface area contributed by atoms with Crippen LogP contribution in [0, 0.1) is 6.92 Å². The maximum atomic E-state index is 12.8. The van der Waals surface area contributed by atoms with Crippen LogP contribution in [0.1, 0.15) is 27.0 Å². The zero-order valence-electron chi connectivity index (χ0n) is 19.3. The van der Waals surface area contributed by atoms with Crippen molar-refractivity contribution in [3.05, 3.63) is 107 Å². The van der Waals surface area contributed by atoms with Gasteiger partial charge in [0.05, 0.1) is 11.1 Å². The van der Waals surface area contributed by atoms with Crippen molar-refractivity contribution >= 4 is 32.9 Å². The highest BCUT2D eigenvalue weighted by atomic mass is 32.2. The molecular weight excluding hydrogens is 462 g/mol. The Balaban J connectivity index is 1.41. The van der Waals surface area contributed by atoms with Crippen LogP contribution in [-0.2, 0) is 16.6 Å². The summed E-state index contributed by atoms with van der Waals surface area (Å²) in [7, 11) is -2.10. The molecule has 0 bridgehead atoms. The van der Waals surface area contributed by atoms with E-state index in [2.05, 4.69) is 10.5 Å². The molecule has 35 heavy (non-hydrogen) atoms. The van der Waals surface area contributed by atoms with Gasteiger partial charge in [-0.15, -0.1) is 0 Å². The molecule has 1 amide bonds. The van der Waals surface area contributed by atoms with Crippen LogP contribution >= 0.6 is 0 Å². The maximum Gasteiger partial charge on any atom is 0.271 e. The molecule has 0 spiro atoms. The van der Waals surface area contributed by atoms with Gasteiger partial charge in [0.15, 0.2) is 0 Å². The summed E-state index contributed by atoms with van der Waals surface area (Å²) in [6, 6.07) is 24.3. The zero-order valence-corrected chi connectivity index (χ0v) is 20.2. The number of carbonyl (C=O) groups excluding carboxylic acids is 1. The number of rotatable bonds is 7. The van der Waals surface area contributed by atoms with E-state index < -0.39 is 15.9 Å². The monoisotopic (exact) mass is 487 g/mol. The van der Waals surface area contributed by atoms with E-state index in [4.69, 9.17) is 0 Å². The van der Waals surface area contributed by atoms with Gasteiger partial charge in [0.25, 0.3) is 5.91 Å². The van der Waals surface area contributed by atoms with E-state index in [1.807, 2.05) is 37.3 Å². The number of benzene rings is 4. The van der Waals surface area contributed by atoms with Crippen molar-refractivity contribution in [2.75, 3.05) is 7.05 Å². The highest BCUT2D eigenvalue weighted by molar-refractivity contribution is 7.89. The first-order valence-electron chi connectivity index (χ1n) is 10.9. The number of fused-ring (bicyclic) bond motifs is 1. The first-order valence-corrected chi connectivity index (χ1v) is 12.4. The minimum atomic E-state index is -3.62. The fraction of sp³-hybridized carbons (Fsp3) is 0.111. The molecule has 8 heteroatoms. The molecule has 0 aliphatic rings. The van der Waals surface area contributed by atoms with Crippen LogP contribution in [0.3, 0.4) is 0 Å². The van der Waals surface area contributed by atoms with E-state index in [0.29, 0.717) is 11.1 Å². The minimum Gasteiger partial charge on any atom is -0.507 e. The number of hydrogen-bond donors (Lipinski definition) is 2. The molecule has 0 radical (unpaired) electrons. The Labute approximate surface area is 204 Å². The predicted octanol–water partition coefficient (Wildman–Crippen LogP) is 4.44. The van der Waals surface area contributed by atoms with Crippen molar-refractivity contribution < 1.29 is 18.3 Å². The summed E-state index contributed by atoms with van der Waals surface area (Å²) in [6.07, 6.45) is 1.41. The van der Waals surface area contributed by atoms with Gasteiger partial charge in [-0.05, 0) is 53.6 Å². The second kappa shape index (κ2) is 10.1. The van der Waals surface area contributed by atoms with Crippen LogP contribution in [0.5, 0.6) is 5.75 Å². The van der Waals surface area contributed by atoms with Gasteiger partial charge in [0.2, 0.25) is 10.0 Å². The van der Waals surface area contributed by atoms with Crippen LogP contribution in [0.15, 0.2) is 94.9 Å². The number of nitrogens with zero attached hydrogens (tertiary/aromatic N) is 2. The van der Waals surface area contributed by atoms with Crippen molar-refractivity contribution in [2.45, 2.75) is 18.4 Å². The standard InChI is InChI=1S/C27H25N3O4S/c1-19-7-14-23(15-8-19)35(33,34)30(2)18-20-9-11-22(12-10-20)27(32)29-28-17-25-24-6-4-3-5-21(24)13-16-26(25)31/h3-17,31H,18H2,1-2H3,(H,29,32). The third kappa shape index (κ3) is 5.40. The largest absolute Gasteiger partial charge is 0.507 e. The quantitative estimate of drug-likeness (QED) is 0.297. The van der Waals surface area contributed by atoms with Crippen LogP contribution in [0.4, 0.5) is 0 Å². The summed E-state index contributed by atoms with van der Waals surface area (Å²) in [6.45, 7) is 2.06. The normalized spacial score (nSPS) is 11.9. The van der Waals surface area contributed by atoms with E-state index in [1.165, 1.54) is 17.6 Å². The molecule has 0 unspecified atom stereocenters. The molecular formula is C27H25N3O4S. The lowest BCUT2D eigenvalue weighted by molar-refractivity contribution is 0.0955. The number of amides is 1. The number of aryl methyl sites for hydroxylation is 1. The third-order valence-electron chi connectivity index (χ3n) is 5.66. The summed E-state index contributed by atoms with van der Waals surface area (Å²) in [5.74, 6) is -0.357. The van der Waals surface area contributed by atoms with Gasteiger partial charge in [0.1, 0.15) is 5.75 Å². The molecule has 4 aromatic rings. The number of aromatic hydroxyl groups is 1. The number of sulfonamides is 1. The molecule has 0 saturated carbocycles. The number of nitrogens with one attached hydrogen (secondary N) is 1. The molecule has 0 atom stereocenters. The molecule has 7 nitrogen and oxygen atoms in total. The van der Waals surface area contributed by atoms with E-state index >= 15 is 0 Å². The van der Waals surface area contributed by atoms with Gasteiger partial charge in [0, 0.05) is 24.7 Å². The number of hydrogen-bond acceptors (Lipinski definition) is 5. The molecule has 0 heterocycles. The molecule has 4 rings (SSSR count). The Morgan fingerprint density at radius 3 is 2.37 bits per heavy atom. The fourth-order valence-corrected chi connectivity index (χ4v) is 4.79. The van der Waals surface area contributed by atoms with Gasteiger partial charge < -0.3 is 5.11 Å². The third-order valence-corrected chi connectivity index (χ3v) is 7.48. The minimum absolute atomic E-state index is 0.0655. The van der Waals surface area contributed by atoms with E-state index in [-0.39, 0.29) is 17.2 Å². The number of hydrazone groups is 1. The molecule has 0 aromatic heterocycles. The molecule has 178 valence electrons. The second-order valence-corrected chi connectivity index (χ2v) is 10.2. The van der Waals surface area contributed by atoms with Crippen molar-refractivity contribution in [3.63, 3.8) is 0 Å². The topological polar surface area (TPSA) is 99.1 Å². The molecule has 4 aromatic carbocycles. The summed E-state index contributed by atoms with van der Waals surface area (Å²) in [5, 5.41) is 16.0. The van der Waals surface area contributed by atoms with Crippen molar-refractivity contribution in [1.29, 1.82) is 0 Å². The molecule has 0 aliphatic heterocycles. The lowest BCUT2D eigenvalue weighted by Crippen LogP contribution is -2.26. The number of carbonyl (C=O) groups is 1. The fourth-order valence-electron chi connectivity index (χ4n) is 3.63. The Kier molecular flexibility index (Phi) is 6.95. The highest BCUT2D eigenvalue weighted by Gasteiger charge is 2.20. The zero-order chi connectivity index (χ0) is 25.0. The second-order valence-electron chi connectivity index (χ2n) is 8.19. The number of phenolic OH excluding ortho intramolecular Hbond substituents is 1. The summed E-state index contributed by atoms with van der Waals surface area (Å²) in [5.41, 5.74) is 5.07. The van der Waals surface area contributed by atoms with Gasteiger partial charge in [-0.3, -0.25) is 4.79 Å². The van der Waals surface area contributed by atoms with E-state index in [0.717, 1.165) is 21.9 Å². The van der Waals surface area contributed by atoms with Crippen LogP contribution < -0.4 is 5.43 Å². The molecule has 0 saturated heterocycles. The molecule has 2 N–H and O–H groups in total. The summed E-state index contributed by atoms with van der Waals surface area (Å²) >= 11 is 0. The van der Waals surface area contributed by atoms with Gasteiger partial charge in [-0.1, -0.05) is 60.2 Å². The highest BCUT2D eigenvalue weighted by Crippen LogP contribution is 2.25. The SMILES string of the molecule is Cc1ccc(S(=O)(=O)N(C)Cc2ccc(C(=O)NN=Cc3c(O)ccc4ccccc34)cc2)cc1. The van der Waals surface area contributed by atoms with E-state index in [9.17, 15) is 18.3 Å². The van der Waals surface area contributed by atoms with E-state index in [1.54, 1.807) is 54.6 Å². The Morgan fingerprint density at radius 2 is 1.66 bits per heavy atom. The first kappa shape index (κ1) is 24.1.